The molecule has 164 valence electrons. The number of aromatic nitrogens is 1. The zero-order valence-electron chi connectivity index (χ0n) is 18.5. The first kappa shape index (κ1) is 21.8. The summed E-state index contributed by atoms with van der Waals surface area (Å²) in [5.74, 6) is 4.36. The second-order valence-electron chi connectivity index (χ2n) is 8.47. The molecule has 1 atom stereocenters. The standard InChI is InChI=1S/C27H28FN3O/c1-4-19-5-12-23(13-6-19)30-27(31-32-3)18(2)20-7-9-21(10-8-20)24-15-16-29-26-14-11-22(28)17-25(24)26/h1,5-6,11-18,20-21H,7-10H2,2-3H3,(H,30,31). The van der Waals surface area contributed by atoms with E-state index in [4.69, 9.17) is 11.3 Å². The van der Waals surface area contributed by atoms with Crippen LogP contribution in [0, 0.1) is 30.0 Å². The Labute approximate surface area is 188 Å². The van der Waals surface area contributed by atoms with E-state index in [1.54, 1.807) is 19.2 Å². The summed E-state index contributed by atoms with van der Waals surface area (Å²) in [5.41, 5.74) is 3.84. The molecule has 0 saturated heterocycles. The van der Waals surface area contributed by atoms with Crippen molar-refractivity contribution in [2.75, 3.05) is 12.4 Å². The molecule has 1 saturated carbocycles. The van der Waals surface area contributed by atoms with Crippen LogP contribution >= 0.6 is 0 Å². The molecule has 1 fully saturated rings. The Bertz CT molecular complexity index is 1140. The number of terminal acetylenes is 1. The minimum absolute atomic E-state index is 0.212. The van der Waals surface area contributed by atoms with E-state index in [9.17, 15) is 4.39 Å². The SMILES string of the molecule is C#Cc1ccc(N/C(=N\OC)C(C)C2CCC(c3ccnc4ccc(F)cc34)CC2)cc1. The number of nitrogens with one attached hydrogen (secondary N) is 1. The van der Waals surface area contributed by atoms with E-state index >= 15 is 0 Å². The van der Waals surface area contributed by atoms with Gasteiger partial charge in [-0.1, -0.05) is 18.0 Å². The molecule has 0 spiro atoms. The van der Waals surface area contributed by atoms with E-state index in [-0.39, 0.29) is 11.7 Å². The summed E-state index contributed by atoms with van der Waals surface area (Å²) >= 11 is 0. The summed E-state index contributed by atoms with van der Waals surface area (Å²) < 4.78 is 13.9. The first-order valence-electron chi connectivity index (χ1n) is 11.1. The van der Waals surface area contributed by atoms with E-state index in [2.05, 4.69) is 34.4 Å². The summed E-state index contributed by atoms with van der Waals surface area (Å²) in [6.07, 6.45) is 11.6. The van der Waals surface area contributed by atoms with Crippen LogP contribution in [-0.2, 0) is 4.84 Å². The molecule has 4 rings (SSSR count). The molecule has 0 aliphatic heterocycles. The van der Waals surface area contributed by atoms with Crippen LogP contribution in [0.1, 0.15) is 49.7 Å². The van der Waals surface area contributed by atoms with Crippen LogP contribution in [0.15, 0.2) is 59.9 Å². The lowest BCUT2D eigenvalue weighted by Crippen LogP contribution is -2.30. The third-order valence-corrected chi connectivity index (χ3v) is 6.60. The predicted molar refractivity (Wildman–Crippen MR) is 128 cm³/mol. The number of nitrogens with zero attached hydrogens (tertiary/aromatic N) is 2. The van der Waals surface area contributed by atoms with Crippen molar-refractivity contribution in [2.45, 2.75) is 38.5 Å². The van der Waals surface area contributed by atoms with Gasteiger partial charge in [0, 0.05) is 28.8 Å². The van der Waals surface area contributed by atoms with Crippen LogP contribution in [0.25, 0.3) is 10.9 Å². The summed E-state index contributed by atoms with van der Waals surface area (Å²) in [4.78, 5) is 9.53. The number of halogens is 1. The number of anilines is 1. The maximum atomic E-state index is 13.9. The molecule has 0 bridgehead atoms. The topological polar surface area (TPSA) is 46.5 Å². The van der Waals surface area contributed by atoms with Gasteiger partial charge in [0.15, 0.2) is 0 Å². The molecule has 0 amide bonds. The quantitative estimate of drug-likeness (QED) is 0.223. The van der Waals surface area contributed by atoms with Gasteiger partial charge in [0.05, 0.1) is 5.52 Å². The van der Waals surface area contributed by atoms with Crippen molar-refractivity contribution in [3.63, 3.8) is 0 Å². The van der Waals surface area contributed by atoms with Gasteiger partial charge in [-0.3, -0.25) is 4.98 Å². The van der Waals surface area contributed by atoms with E-state index in [1.807, 2.05) is 30.5 Å². The number of oxime groups is 1. The molecule has 5 heteroatoms. The number of pyridine rings is 1. The molecule has 1 aliphatic carbocycles. The maximum absolute atomic E-state index is 13.9. The highest BCUT2D eigenvalue weighted by molar-refractivity contribution is 5.96. The fraction of sp³-hybridized carbons (Fsp3) is 0.333. The molecular formula is C27H28FN3O. The normalized spacial score (nSPS) is 19.9. The molecule has 0 radical (unpaired) electrons. The first-order valence-corrected chi connectivity index (χ1v) is 11.1. The molecular weight excluding hydrogens is 401 g/mol. The number of amidine groups is 1. The molecule has 1 unspecified atom stereocenters. The largest absolute Gasteiger partial charge is 0.398 e. The smallest absolute Gasteiger partial charge is 0.149 e. The van der Waals surface area contributed by atoms with Gasteiger partial charge in [-0.05, 0) is 91.6 Å². The van der Waals surface area contributed by atoms with Gasteiger partial charge in [-0.2, -0.15) is 0 Å². The minimum Gasteiger partial charge on any atom is -0.398 e. The number of hydrogen-bond donors (Lipinski definition) is 1. The second kappa shape index (κ2) is 9.82. The fourth-order valence-electron chi connectivity index (χ4n) is 4.76. The van der Waals surface area contributed by atoms with Gasteiger partial charge in [-0.25, -0.2) is 4.39 Å². The number of rotatable bonds is 5. The average Bonchev–Trinajstić information content (AvgIpc) is 2.83. The second-order valence-corrected chi connectivity index (χ2v) is 8.47. The molecule has 4 nitrogen and oxygen atoms in total. The summed E-state index contributed by atoms with van der Waals surface area (Å²) in [6, 6.07) is 14.6. The predicted octanol–water partition coefficient (Wildman–Crippen LogP) is 6.34. The maximum Gasteiger partial charge on any atom is 0.149 e. The van der Waals surface area contributed by atoms with Gasteiger partial charge in [-0.15, -0.1) is 6.42 Å². The lowest BCUT2D eigenvalue weighted by molar-refractivity contribution is 0.206. The molecule has 1 N–H and O–H groups in total. The summed E-state index contributed by atoms with van der Waals surface area (Å²) in [6.45, 7) is 2.20. The molecule has 1 heterocycles. The van der Waals surface area contributed by atoms with E-state index in [0.29, 0.717) is 11.8 Å². The Morgan fingerprint density at radius 1 is 1.16 bits per heavy atom. The van der Waals surface area contributed by atoms with E-state index < -0.39 is 0 Å². The van der Waals surface area contributed by atoms with Gasteiger partial charge in [0.25, 0.3) is 0 Å². The lowest BCUT2D eigenvalue weighted by atomic mass is 9.73. The number of fused-ring (bicyclic) bond motifs is 1. The van der Waals surface area contributed by atoms with Crippen molar-refractivity contribution in [2.24, 2.45) is 17.0 Å². The Morgan fingerprint density at radius 3 is 2.59 bits per heavy atom. The minimum atomic E-state index is -0.212. The zero-order valence-corrected chi connectivity index (χ0v) is 18.5. The number of hydrogen-bond acceptors (Lipinski definition) is 3. The van der Waals surface area contributed by atoms with Crippen LogP contribution in [-0.4, -0.2) is 17.9 Å². The highest BCUT2D eigenvalue weighted by Crippen LogP contribution is 2.41. The van der Waals surface area contributed by atoms with Crippen LogP contribution in [0.5, 0.6) is 0 Å². The van der Waals surface area contributed by atoms with E-state index in [0.717, 1.165) is 53.7 Å². The zero-order chi connectivity index (χ0) is 22.5. The van der Waals surface area contributed by atoms with Crippen LogP contribution in [0.2, 0.25) is 0 Å². The monoisotopic (exact) mass is 429 g/mol. The third kappa shape index (κ3) is 4.75. The fourth-order valence-corrected chi connectivity index (χ4v) is 4.76. The van der Waals surface area contributed by atoms with Gasteiger partial charge in [0.1, 0.15) is 18.8 Å². The third-order valence-electron chi connectivity index (χ3n) is 6.60. The van der Waals surface area contributed by atoms with Gasteiger partial charge in [0.2, 0.25) is 0 Å². The average molecular weight is 430 g/mol. The van der Waals surface area contributed by atoms with Crippen molar-refractivity contribution >= 4 is 22.4 Å². The Balaban J connectivity index is 1.45. The van der Waals surface area contributed by atoms with Crippen molar-refractivity contribution in [1.29, 1.82) is 0 Å². The van der Waals surface area contributed by atoms with Gasteiger partial charge >= 0.3 is 0 Å². The molecule has 2 aromatic carbocycles. The molecule has 32 heavy (non-hydrogen) atoms. The Hall–Kier alpha value is -3.39. The lowest BCUT2D eigenvalue weighted by Gasteiger charge is -2.33. The molecule has 3 aromatic rings. The van der Waals surface area contributed by atoms with Crippen molar-refractivity contribution in [3.05, 3.63) is 71.7 Å². The van der Waals surface area contributed by atoms with Crippen LogP contribution in [0.3, 0.4) is 0 Å². The Kier molecular flexibility index (Phi) is 6.70. The highest BCUT2D eigenvalue weighted by Gasteiger charge is 2.30. The first-order chi connectivity index (χ1) is 15.6. The van der Waals surface area contributed by atoms with Crippen molar-refractivity contribution < 1.29 is 9.23 Å². The van der Waals surface area contributed by atoms with Crippen LogP contribution in [0.4, 0.5) is 10.1 Å². The van der Waals surface area contributed by atoms with Crippen molar-refractivity contribution in [1.82, 2.24) is 4.98 Å². The van der Waals surface area contributed by atoms with Crippen molar-refractivity contribution in [3.8, 4) is 12.3 Å². The van der Waals surface area contributed by atoms with E-state index in [1.165, 1.54) is 11.6 Å². The molecule has 1 aromatic heterocycles. The number of benzene rings is 2. The van der Waals surface area contributed by atoms with Crippen LogP contribution < -0.4 is 5.32 Å². The molecule has 1 aliphatic rings. The summed E-state index contributed by atoms with van der Waals surface area (Å²) in [7, 11) is 1.57. The Morgan fingerprint density at radius 2 is 1.91 bits per heavy atom. The van der Waals surface area contributed by atoms with Gasteiger partial charge < -0.3 is 10.2 Å². The summed E-state index contributed by atoms with van der Waals surface area (Å²) in [5, 5.41) is 8.62. The highest BCUT2D eigenvalue weighted by atomic mass is 19.1.